The number of likely N-dealkylation sites (tertiary alicyclic amines) is 1. The Morgan fingerprint density at radius 2 is 1.96 bits per heavy atom. The zero-order valence-electron chi connectivity index (χ0n) is 14.4. The van der Waals surface area contributed by atoms with Crippen LogP contribution in [0.4, 0.5) is 0 Å². The summed E-state index contributed by atoms with van der Waals surface area (Å²) in [4.78, 5) is 19.5. The molecule has 4 rings (SSSR count). The SMILES string of the molecule is CCN1C[C@@H]2C[C@@H](O)CN2C2(C1)CN(C(=O)Cc1ccccc1)C2. The van der Waals surface area contributed by atoms with Gasteiger partial charge in [-0.1, -0.05) is 37.3 Å². The molecule has 3 aliphatic heterocycles. The third-order valence-corrected chi connectivity index (χ3v) is 5.96. The third kappa shape index (κ3) is 2.75. The molecule has 3 aliphatic rings. The highest BCUT2D eigenvalue weighted by Crippen LogP contribution is 2.38. The second kappa shape index (κ2) is 6.14. The van der Waals surface area contributed by atoms with Gasteiger partial charge in [-0.25, -0.2) is 0 Å². The number of nitrogens with zero attached hydrogens (tertiary/aromatic N) is 3. The van der Waals surface area contributed by atoms with E-state index in [4.69, 9.17) is 0 Å². The second-order valence-corrected chi connectivity index (χ2v) is 7.66. The van der Waals surface area contributed by atoms with Crippen molar-refractivity contribution in [1.82, 2.24) is 14.7 Å². The van der Waals surface area contributed by atoms with E-state index >= 15 is 0 Å². The number of likely N-dealkylation sites (N-methyl/N-ethyl adjacent to an activating group) is 1. The summed E-state index contributed by atoms with van der Waals surface area (Å²) in [5, 5.41) is 10.1. The van der Waals surface area contributed by atoms with Gasteiger partial charge in [0, 0.05) is 38.8 Å². The van der Waals surface area contributed by atoms with E-state index in [1.54, 1.807) is 0 Å². The van der Waals surface area contributed by atoms with Crippen molar-refractivity contribution in [2.24, 2.45) is 0 Å². The molecule has 0 unspecified atom stereocenters. The predicted octanol–water partition coefficient (Wildman–Crippen LogP) is 0.581. The monoisotopic (exact) mass is 329 g/mol. The number of β-amino-alcohol motifs (C(OH)–C–C–N with tert-alkyl or cyclic N) is 1. The van der Waals surface area contributed by atoms with E-state index < -0.39 is 0 Å². The molecule has 0 radical (unpaired) electrons. The Balaban J connectivity index is 1.43. The van der Waals surface area contributed by atoms with Gasteiger partial charge in [0.1, 0.15) is 0 Å². The van der Waals surface area contributed by atoms with Gasteiger partial charge in [0.15, 0.2) is 0 Å². The van der Waals surface area contributed by atoms with Crippen molar-refractivity contribution in [3.05, 3.63) is 35.9 Å². The fourth-order valence-corrected chi connectivity index (χ4v) is 4.76. The highest BCUT2D eigenvalue weighted by molar-refractivity contribution is 5.80. The van der Waals surface area contributed by atoms with Crippen LogP contribution in [0, 0.1) is 0 Å². The van der Waals surface area contributed by atoms with Gasteiger partial charge < -0.3 is 14.9 Å². The van der Waals surface area contributed by atoms with Gasteiger partial charge in [0.05, 0.1) is 18.1 Å². The largest absolute Gasteiger partial charge is 0.392 e. The first kappa shape index (κ1) is 16.1. The van der Waals surface area contributed by atoms with Gasteiger partial charge in [-0.2, -0.15) is 0 Å². The summed E-state index contributed by atoms with van der Waals surface area (Å²) in [6, 6.07) is 10.4. The van der Waals surface area contributed by atoms with Crippen LogP contribution in [0.15, 0.2) is 30.3 Å². The molecule has 1 amide bonds. The molecule has 0 aliphatic carbocycles. The smallest absolute Gasteiger partial charge is 0.227 e. The molecule has 1 aromatic rings. The van der Waals surface area contributed by atoms with Crippen LogP contribution in [-0.4, -0.2) is 82.7 Å². The van der Waals surface area contributed by atoms with Crippen molar-refractivity contribution < 1.29 is 9.90 Å². The molecule has 0 saturated carbocycles. The van der Waals surface area contributed by atoms with Gasteiger partial charge in [-0.05, 0) is 18.5 Å². The molecular weight excluding hydrogens is 302 g/mol. The van der Waals surface area contributed by atoms with Crippen molar-refractivity contribution in [2.45, 2.75) is 37.5 Å². The van der Waals surface area contributed by atoms with Crippen LogP contribution in [0.1, 0.15) is 18.9 Å². The molecule has 2 atom stereocenters. The third-order valence-electron chi connectivity index (χ3n) is 5.96. The van der Waals surface area contributed by atoms with Crippen LogP contribution in [0.25, 0.3) is 0 Å². The maximum absolute atomic E-state index is 12.6. The number of aliphatic hydroxyl groups excluding tert-OH is 1. The van der Waals surface area contributed by atoms with Gasteiger partial charge in [-0.15, -0.1) is 0 Å². The van der Waals surface area contributed by atoms with Crippen molar-refractivity contribution in [3.8, 4) is 0 Å². The lowest BCUT2D eigenvalue weighted by Gasteiger charge is -2.61. The fourth-order valence-electron chi connectivity index (χ4n) is 4.76. The van der Waals surface area contributed by atoms with Crippen LogP contribution in [0.2, 0.25) is 0 Å². The van der Waals surface area contributed by atoms with Gasteiger partial charge >= 0.3 is 0 Å². The lowest BCUT2D eigenvalue weighted by atomic mass is 9.83. The molecule has 1 N–H and O–H groups in total. The molecule has 3 heterocycles. The number of carbonyl (C=O) groups excluding carboxylic acids is 1. The number of carbonyl (C=O) groups is 1. The summed E-state index contributed by atoms with van der Waals surface area (Å²) < 4.78 is 0. The summed E-state index contributed by atoms with van der Waals surface area (Å²) in [6.45, 7) is 7.68. The van der Waals surface area contributed by atoms with E-state index in [2.05, 4.69) is 16.7 Å². The second-order valence-electron chi connectivity index (χ2n) is 7.66. The fraction of sp³-hybridized carbons (Fsp3) is 0.632. The number of fused-ring (bicyclic) bond motifs is 2. The number of amides is 1. The molecule has 5 heteroatoms. The topological polar surface area (TPSA) is 47.0 Å². The summed E-state index contributed by atoms with van der Waals surface area (Å²) >= 11 is 0. The summed E-state index contributed by atoms with van der Waals surface area (Å²) in [6.07, 6.45) is 1.15. The van der Waals surface area contributed by atoms with E-state index in [9.17, 15) is 9.90 Å². The normalized spacial score (nSPS) is 29.5. The van der Waals surface area contributed by atoms with Crippen molar-refractivity contribution >= 4 is 5.91 Å². The van der Waals surface area contributed by atoms with Crippen molar-refractivity contribution in [2.75, 3.05) is 39.3 Å². The quantitative estimate of drug-likeness (QED) is 0.881. The predicted molar refractivity (Wildman–Crippen MR) is 92.7 cm³/mol. The summed E-state index contributed by atoms with van der Waals surface area (Å²) in [5.41, 5.74) is 1.14. The van der Waals surface area contributed by atoms with Crippen LogP contribution in [0.3, 0.4) is 0 Å². The van der Waals surface area contributed by atoms with Crippen LogP contribution in [0.5, 0.6) is 0 Å². The van der Waals surface area contributed by atoms with Gasteiger partial charge in [-0.3, -0.25) is 9.69 Å². The number of piperazine rings is 1. The van der Waals surface area contributed by atoms with E-state index in [-0.39, 0.29) is 17.6 Å². The summed E-state index contributed by atoms with van der Waals surface area (Å²) in [7, 11) is 0. The Kier molecular flexibility index (Phi) is 4.11. The number of rotatable bonds is 3. The summed E-state index contributed by atoms with van der Waals surface area (Å²) in [5.74, 6) is 0.219. The molecule has 3 fully saturated rings. The molecule has 3 saturated heterocycles. The van der Waals surface area contributed by atoms with Crippen LogP contribution >= 0.6 is 0 Å². The number of aliphatic hydroxyl groups is 1. The van der Waals surface area contributed by atoms with Crippen molar-refractivity contribution in [1.29, 1.82) is 0 Å². The van der Waals surface area contributed by atoms with Crippen molar-refractivity contribution in [3.63, 3.8) is 0 Å². The van der Waals surface area contributed by atoms with E-state index in [0.29, 0.717) is 12.5 Å². The number of benzene rings is 1. The van der Waals surface area contributed by atoms with Crippen LogP contribution < -0.4 is 0 Å². The molecule has 0 bridgehead atoms. The van der Waals surface area contributed by atoms with Crippen LogP contribution in [-0.2, 0) is 11.2 Å². The molecule has 130 valence electrons. The highest BCUT2D eigenvalue weighted by Gasteiger charge is 2.56. The zero-order chi connectivity index (χ0) is 16.7. The Morgan fingerprint density at radius 1 is 1.21 bits per heavy atom. The Labute approximate surface area is 143 Å². The minimum Gasteiger partial charge on any atom is -0.392 e. The molecule has 0 aromatic heterocycles. The average molecular weight is 329 g/mol. The lowest BCUT2D eigenvalue weighted by molar-refractivity contribution is -0.155. The lowest BCUT2D eigenvalue weighted by Crippen LogP contribution is -2.78. The minimum atomic E-state index is -0.210. The molecule has 1 spiro atoms. The maximum Gasteiger partial charge on any atom is 0.227 e. The molecular formula is C19H27N3O2. The van der Waals surface area contributed by atoms with E-state index in [0.717, 1.165) is 51.3 Å². The van der Waals surface area contributed by atoms with Gasteiger partial charge in [0.25, 0.3) is 0 Å². The Morgan fingerprint density at radius 3 is 2.67 bits per heavy atom. The Hall–Kier alpha value is -1.43. The van der Waals surface area contributed by atoms with E-state index in [1.807, 2.05) is 35.2 Å². The molecule has 1 aromatic carbocycles. The first-order chi connectivity index (χ1) is 11.6. The molecule has 24 heavy (non-hydrogen) atoms. The first-order valence-electron chi connectivity index (χ1n) is 9.08. The first-order valence-corrected chi connectivity index (χ1v) is 9.08. The Bertz CT molecular complexity index is 600. The van der Waals surface area contributed by atoms with Gasteiger partial charge in [0.2, 0.25) is 5.91 Å². The number of hydrogen-bond donors (Lipinski definition) is 1. The standard InChI is InChI=1S/C19H27N3O2/c1-2-20-10-16-9-17(23)11-22(16)19(12-20)13-21(14-19)18(24)8-15-6-4-3-5-7-15/h3-7,16-17,23H,2,8-14H2,1H3/t16-,17+/m0/s1. The molecule has 5 nitrogen and oxygen atoms in total. The van der Waals surface area contributed by atoms with E-state index in [1.165, 1.54) is 0 Å². The maximum atomic E-state index is 12.6. The minimum absolute atomic E-state index is 0.0583. The average Bonchev–Trinajstić information content (AvgIpc) is 2.92. The number of hydrogen-bond acceptors (Lipinski definition) is 4. The highest BCUT2D eigenvalue weighted by atomic mass is 16.3. The zero-order valence-corrected chi connectivity index (χ0v) is 14.4.